The maximum atomic E-state index is 10.9. The molecule has 0 fully saturated rings. The molecule has 0 aromatic heterocycles. The van der Waals surface area contributed by atoms with E-state index in [2.05, 4.69) is 0 Å². The van der Waals surface area contributed by atoms with Crippen LogP contribution in [0, 0.1) is 0 Å². The summed E-state index contributed by atoms with van der Waals surface area (Å²) in [5.41, 5.74) is 5.55. The standard InChI is InChI=1S/C13H20NO5P/c14-13(15)11-5-7-12(8-6-11)19-9-3-1-2-4-10-20(16,17)18/h5-8H,1-4,9-10H2,(H2,14,15)(H2,16,17,18)/p-2. The van der Waals surface area contributed by atoms with Gasteiger partial charge in [-0.25, -0.2) is 0 Å². The topological polar surface area (TPSA) is 116 Å². The van der Waals surface area contributed by atoms with E-state index >= 15 is 0 Å². The number of nitrogens with two attached hydrogens (primary N) is 1. The number of benzene rings is 1. The number of amides is 1. The molecule has 1 amide bonds. The van der Waals surface area contributed by atoms with E-state index in [1.807, 2.05) is 0 Å². The van der Waals surface area contributed by atoms with E-state index in [1.54, 1.807) is 24.3 Å². The minimum Gasteiger partial charge on any atom is -0.811 e. The zero-order valence-corrected chi connectivity index (χ0v) is 12.0. The average molecular weight is 299 g/mol. The van der Waals surface area contributed by atoms with Crippen molar-refractivity contribution >= 4 is 13.5 Å². The van der Waals surface area contributed by atoms with Crippen molar-refractivity contribution in [2.75, 3.05) is 12.8 Å². The van der Waals surface area contributed by atoms with Gasteiger partial charge in [-0.3, -0.25) is 4.79 Å². The number of carbonyl (C=O) groups excluding carboxylic acids is 1. The van der Waals surface area contributed by atoms with E-state index < -0.39 is 13.5 Å². The Kier molecular flexibility index (Phi) is 6.71. The smallest absolute Gasteiger partial charge is 0.248 e. The summed E-state index contributed by atoms with van der Waals surface area (Å²) < 4.78 is 15.9. The van der Waals surface area contributed by atoms with Gasteiger partial charge in [-0.05, 0) is 43.3 Å². The fourth-order valence-corrected chi connectivity index (χ4v) is 2.28. The van der Waals surface area contributed by atoms with Crippen molar-refractivity contribution in [1.29, 1.82) is 0 Å². The van der Waals surface area contributed by atoms with Crippen molar-refractivity contribution in [3.8, 4) is 5.75 Å². The Balaban J connectivity index is 2.12. The van der Waals surface area contributed by atoms with Crippen LogP contribution in [0.4, 0.5) is 0 Å². The maximum Gasteiger partial charge on any atom is 0.248 e. The predicted octanol–water partition coefficient (Wildman–Crippen LogP) is 0.638. The normalized spacial score (nSPS) is 11.3. The van der Waals surface area contributed by atoms with Crippen LogP contribution in [0.2, 0.25) is 0 Å². The van der Waals surface area contributed by atoms with Crippen LogP contribution in [0.15, 0.2) is 24.3 Å². The minimum atomic E-state index is -4.35. The van der Waals surface area contributed by atoms with Crippen LogP contribution in [-0.2, 0) is 4.57 Å². The Morgan fingerprint density at radius 2 is 1.70 bits per heavy atom. The third-order valence-corrected chi connectivity index (χ3v) is 3.60. The van der Waals surface area contributed by atoms with Gasteiger partial charge in [0, 0.05) is 5.56 Å². The van der Waals surface area contributed by atoms with E-state index in [9.17, 15) is 19.1 Å². The number of unbranched alkanes of at least 4 members (excludes halogenated alkanes) is 3. The molecule has 0 radical (unpaired) electrons. The largest absolute Gasteiger partial charge is 0.811 e. The number of ether oxygens (including phenoxy) is 1. The van der Waals surface area contributed by atoms with Gasteiger partial charge in [0.2, 0.25) is 5.91 Å². The summed E-state index contributed by atoms with van der Waals surface area (Å²) in [6.07, 6.45) is 2.40. The third-order valence-electron chi connectivity index (χ3n) is 2.73. The lowest BCUT2D eigenvalue weighted by Crippen LogP contribution is -2.16. The second kappa shape index (κ2) is 8.04. The van der Waals surface area contributed by atoms with E-state index in [4.69, 9.17) is 10.5 Å². The number of hydrogen-bond acceptors (Lipinski definition) is 5. The lowest BCUT2D eigenvalue weighted by Gasteiger charge is -2.29. The molecule has 1 aromatic rings. The van der Waals surface area contributed by atoms with E-state index in [-0.39, 0.29) is 6.16 Å². The highest BCUT2D eigenvalue weighted by molar-refractivity contribution is 7.48. The molecule has 1 aromatic carbocycles. The molecule has 0 unspecified atom stereocenters. The molecular weight excluding hydrogens is 281 g/mol. The van der Waals surface area contributed by atoms with E-state index in [0.29, 0.717) is 30.8 Å². The fourth-order valence-electron chi connectivity index (χ4n) is 1.67. The first kappa shape index (κ1) is 16.7. The number of carbonyl (C=O) groups is 1. The molecule has 1 rings (SSSR count). The van der Waals surface area contributed by atoms with Crippen molar-refractivity contribution in [3.63, 3.8) is 0 Å². The Hall–Kier alpha value is -1.36. The molecule has 0 aliphatic carbocycles. The second-order valence-electron chi connectivity index (χ2n) is 4.49. The first-order chi connectivity index (χ1) is 9.38. The number of rotatable bonds is 9. The SMILES string of the molecule is NC(=O)c1ccc(OCCCCCCP(=O)([O-])[O-])cc1. The average Bonchev–Trinajstić information content (AvgIpc) is 2.37. The van der Waals surface area contributed by atoms with Crippen LogP contribution in [0.5, 0.6) is 5.75 Å². The van der Waals surface area contributed by atoms with Gasteiger partial charge in [-0.15, -0.1) is 0 Å². The molecule has 0 spiro atoms. The molecule has 2 N–H and O–H groups in total. The van der Waals surface area contributed by atoms with Gasteiger partial charge in [0.1, 0.15) is 5.75 Å². The molecule has 6 nitrogen and oxygen atoms in total. The van der Waals surface area contributed by atoms with Gasteiger partial charge in [-0.2, -0.15) is 0 Å². The molecule has 20 heavy (non-hydrogen) atoms. The number of hydrogen-bond donors (Lipinski definition) is 1. The van der Waals surface area contributed by atoms with Crippen molar-refractivity contribution in [3.05, 3.63) is 29.8 Å². The van der Waals surface area contributed by atoms with Crippen LogP contribution < -0.4 is 20.3 Å². The van der Waals surface area contributed by atoms with Crippen molar-refractivity contribution in [2.45, 2.75) is 25.7 Å². The first-order valence-corrected chi connectivity index (χ1v) is 8.15. The van der Waals surface area contributed by atoms with Crippen LogP contribution in [0.1, 0.15) is 36.0 Å². The lowest BCUT2D eigenvalue weighted by molar-refractivity contribution is -0.313. The zero-order chi connectivity index (χ0) is 15.0. The van der Waals surface area contributed by atoms with Crippen LogP contribution in [0.3, 0.4) is 0 Å². The quantitative estimate of drug-likeness (QED) is 0.530. The summed E-state index contributed by atoms with van der Waals surface area (Å²) in [6.45, 7) is 0.502. The summed E-state index contributed by atoms with van der Waals surface area (Å²) in [4.78, 5) is 31.7. The van der Waals surface area contributed by atoms with Crippen molar-refractivity contribution < 1.29 is 23.9 Å². The summed E-state index contributed by atoms with van der Waals surface area (Å²) in [5, 5.41) is 0. The van der Waals surface area contributed by atoms with Crippen LogP contribution in [0.25, 0.3) is 0 Å². The van der Waals surface area contributed by atoms with Gasteiger partial charge in [0.25, 0.3) is 0 Å². The lowest BCUT2D eigenvalue weighted by atomic mass is 10.2. The second-order valence-corrected chi connectivity index (χ2v) is 6.15. The first-order valence-electron chi connectivity index (χ1n) is 6.42. The zero-order valence-electron chi connectivity index (χ0n) is 11.1. The van der Waals surface area contributed by atoms with Crippen LogP contribution in [-0.4, -0.2) is 18.7 Å². The molecule has 0 atom stereocenters. The molecule has 0 saturated carbocycles. The Morgan fingerprint density at radius 1 is 1.10 bits per heavy atom. The highest BCUT2D eigenvalue weighted by Gasteiger charge is 2.00. The monoisotopic (exact) mass is 299 g/mol. The van der Waals surface area contributed by atoms with Gasteiger partial charge in [0.15, 0.2) is 0 Å². The molecule has 7 heteroatoms. The van der Waals surface area contributed by atoms with Gasteiger partial charge in [0.05, 0.1) is 6.61 Å². The van der Waals surface area contributed by atoms with Gasteiger partial charge >= 0.3 is 0 Å². The maximum absolute atomic E-state index is 10.9. The summed E-state index contributed by atoms with van der Waals surface area (Å²) in [6, 6.07) is 6.53. The molecule has 0 heterocycles. The predicted molar refractivity (Wildman–Crippen MR) is 71.4 cm³/mol. The molecule has 0 bridgehead atoms. The van der Waals surface area contributed by atoms with Gasteiger partial charge < -0.3 is 24.8 Å². The summed E-state index contributed by atoms with van der Waals surface area (Å²) in [7, 11) is -4.35. The minimum absolute atomic E-state index is 0.275. The number of primary amides is 1. The van der Waals surface area contributed by atoms with Gasteiger partial charge in [-0.1, -0.05) is 20.4 Å². The third kappa shape index (κ3) is 7.28. The molecule has 112 valence electrons. The fraction of sp³-hybridized carbons (Fsp3) is 0.462. The van der Waals surface area contributed by atoms with Crippen molar-refractivity contribution in [2.24, 2.45) is 5.73 Å². The highest BCUT2D eigenvalue weighted by Crippen LogP contribution is 2.24. The Morgan fingerprint density at radius 3 is 2.25 bits per heavy atom. The van der Waals surface area contributed by atoms with Crippen molar-refractivity contribution in [1.82, 2.24) is 0 Å². The Bertz CT molecular complexity index is 468. The summed E-state index contributed by atoms with van der Waals surface area (Å²) >= 11 is 0. The van der Waals surface area contributed by atoms with Crippen LogP contribution >= 0.6 is 7.60 Å². The molecule has 0 aliphatic rings. The highest BCUT2D eigenvalue weighted by atomic mass is 31.2. The molecule has 0 saturated heterocycles. The molecule has 0 aliphatic heterocycles. The molecular formula is C13H18NO5P-2. The van der Waals surface area contributed by atoms with E-state index in [1.165, 1.54) is 0 Å². The van der Waals surface area contributed by atoms with E-state index in [0.717, 1.165) is 12.8 Å². The Labute approximate surface area is 118 Å². The summed E-state index contributed by atoms with van der Waals surface area (Å²) in [5.74, 6) is 0.171.